The molecule has 73 heavy (non-hydrogen) atoms. The molecule has 6 N–H and O–H groups in total. The van der Waals surface area contributed by atoms with Gasteiger partial charge in [-0.3, -0.25) is 4.79 Å². The Labute approximate surface area is 451 Å². The number of allylic oxidation sites excluding steroid dienone is 5. The molecule has 1 saturated heterocycles. The van der Waals surface area contributed by atoms with E-state index in [4.69, 9.17) is 9.47 Å². The number of aliphatic hydroxyl groups excluding tert-OH is 5. The van der Waals surface area contributed by atoms with Crippen molar-refractivity contribution in [1.29, 1.82) is 0 Å². The minimum atomic E-state index is -1.57. The first kappa shape index (κ1) is 69.4. The van der Waals surface area contributed by atoms with E-state index >= 15 is 0 Å². The lowest BCUT2D eigenvalue weighted by Gasteiger charge is -2.40. The molecule has 7 atom stereocenters. The van der Waals surface area contributed by atoms with E-state index in [1.807, 2.05) is 6.08 Å². The van der Waals surface area contributed by atoms with Crippen molar-refractivity contribution in [3.63, 3.8) is 0 Å². The number of carbonyl (C=O) groups excluding carboxylic acids is 1. The predicted molar refractivity (Wildman–Crippen MR) is 309 cm³/mol. The van der Waals surface area contributed by atoms with Gasteiger partial charge < -0.3 is 40.3 Å². The third kappa shape index (κ3) is 43.1. The van der Waals surface area contributed by atoms with E-state index in [2.05, 4.69) is 43.5 Å². The predicted octanol–water partition coefficient (Wildman–Crippen LogP) is 16.3. The zero-order valence-electron chi connectivity index (χ0n) is 47.9. The molecule has 430 valence electrons. The van der Waals surface area contributed by atoms with Gasteiger partial charge in [-0.15, -0.1) is 0 Å². The summed E-state index contributed by atoms with van der Waals surface area (Å²) < 4.78 is 11.3. The summed E-state index contributed by atoms with van der Waals surface area (Å²) in [6.45, 7) is 3.80. The van der Waals surface area contributed by atoms with Crippen LogP contribution in [0.3, 0.4) is 0 Å². The average molecular weight is 1030 g/mol. The highest BCUT2D eigenvalue weighted by molar-refractivity contribution is 5.76. The van der Waals surface area contributed by atoms with E-state index in [-0.39, 0.29) is 12.5 Å². The number of unbranched alkanes of at least 4 members (excludes halogenated alkanes) is 41. The fourth-order valence-electron chi connectivity index (χ4n) is 10.2. The zero-order valence-corrected chi connectivity index (χ0v) is 47.9. The fourth-order valence-corrected chi connectivity index (χ4v) is 10.2. The SMILES string of the molecule is CCCCCCCCCC/C=C\CCCCCCCCCCCCCCCCCCCC(=O)NC(COC1OC(CO)C(O)C(O)C1O)C(O)/C=C/CC/C=C/CCCCCCCCCCCCCCCCC. The van der Waals surface area contributed by atoms with Crippen molar-refractivity contribution in [2.24, 2.45) is 0 Å². The summed E-state index contributed by atoms with van der Waals surface area (Å²) >= 11 is 0. The molecule has 0 bridgehead atoms. The van der Waals surface area contributed by atoms with Crippen molar-refractivity contribution in [2.75, 3.05) is 13.2 Å². The molecule has 0 aliphatic carbocycles. The maximum Gasteiger partial charge on any atom is 0.220 e. The Morgan fingerprint density at radius 3 is 1.15 bits per heavy atom. The van der Waals surface area contributed by atoms with Gasteiger partial charge in [-0.1, -0.05) is 281 Å². The normalized spacial score (nSPS) is 19.2. The van der Waals surface area contributed by atoms with E-state index < -0.39 is 49.5 Å². The second kappa shape index (κ2) is 53.8. The van der Waals surface area contributed by atoms with Crippen LogP contribution in [0.25, 0.3) is 0 Å². The lowest BCUT2D eigenvalue weighted by Crippen LogP contribution is -2.60. The largest absolute Gasteiger partial charge is 0.394 e. The summed E-state index contributed by atoms with van der Waals surface area (Å²) in [5.74, 6) is -0.181. The molecule has 0 aromatic heterocycles. The number of nitrogens with one attached hydrogen (secondary N) is 1. The summed E-state index contributed by atoms with van der Waals surface area (Å²) in [5, 5.41) is 54.6. The van der Waals surface area contributed by atoms with Gasteiger partial charge >= 0.3 is 0 Å². The molecule has 9 heteroatoms. The lowest BCUT2D eigenvalue weighted by molar-refractivity contribution is -0.302. The first-order valence-corrected chi connectivity index (χ1v) is 31.7. The summed E-state index contributed by atoms with van der Waals surface area (Å²) in [5.41, 5.74) is 0. The minimum Gasteiger partial charge on any atom is -0.394 e. The summed E-state index contributed by atoms with van der Waals surface area (Å²) in [7, 11) is 0. The molecular formula is C64H121NO8. The van der Waals surface area contributed by atoms with Crippen LogP contribution < -0.4 is 5.32 Å². The summed E-state index contributed by atoms with van der Waals surface area (Å²) in [6.07, 6.45) is 63.7. The third-order valence-electron chi connectivity index (χ3n) is 15.2. The number of rotatable bonds is 55. The van der Waals surface area contributed by atoms with E-state index in [0.29, 0.717) is 6.42 Å². The number of hydrogen-bond donors (Lipinski definition) is 6. The molecule has 0 spiro atoms. The van der Waals surface area contributed by atoms with Gasteiger partial charge in [0.15, 0.2) is 6.29 Å². The molecule has 1 aliphatic heterocycles. The van der Waals surface area contributed by atoms with Crippen LogP contribution in [-0.4, -0.2) is 87.5 Å². The monoisotopic (exact) mass is 1030 g/mol. The molecule has 1 fully saturated rings. The highest BCUT2D eigenvalue weighted by atomic mass is 16.7. The smallest absolute Gasteiger partial charge is 0.220 e. The average Bonchev–Trinajstić information content (AvgIpc) is 3.39. The van der Waals surface area contributed by atoms with Gasteiger partial charge in [0.25, 0.3) is 0 Å². The molecular weight excluding hydrogens is 911 g/mol. The van der Waals surface area contributed by atoms with Crippen LogP contribution in [0.5, 0.6) is 0 Å². The first-order chi connectivity index (χ1) is 35.8. The number of aliphatic hydroxyl groups is 5. The van der Waals surface area contributed by atoms with Crippen LogP contribution in [0, 0.1) is 0 Å². The highest BCUT2D eigenvalue weighted by Crippen LogP contribution is 2.23. The van der Waals surface area contributed by atoms with Crippen LogP contribution in [0.15, 0.2) is 36.5 Å². The van der Waals surface area contributed by atoms with E-state index in [1.54, 1.807) is 6.08 Å². The summed E-state index contributed by atoms with van der Waals surface area (Å²) in [6, 6.07) is -0.821. The van der Waals surface area contributed by atoms with Crippen LogP contribution in [0.2, 0.25) is 0 Å². The van der Waals surface area contributed by atoms with Crippen LogP contribution in [-0.2, 0) is 14.3 Å². The van der Waals surface area contributed by atoms with E-state index in [9.17, 15) is 30.3 Å². The zero-order chi connectivity index (χ0) is 52.9. The Hall–Kier alpha value is -1.59. The topological polar surface area (TPSA) is 149 Å². The van der Waals surface area contributed by atoms with Gasteiger partial charge in [-0.05, 0) is 57.8 Å². The number of carbonyl (C=O) groups is 1. The Morgan fingerprint density at radius 1 is 0.452 bits per heavy atom. The van der Waals surface area contributed by atoms with Crippen molar-refractivity contribution >= 4 is 5.91 Å². The van der Waals surface area contributed by atoms with Gasteiger partial charge in [-0.2, -0.15) is 0 Å². The molecule has 1 rings (SSSR count). The molecule has 0 saturated carbocycles. The number of amides is 1. The Balaban J connectivity index is 2.18. The van der Waals surface area contributed by atoms with Crippen molar-refractivity contribution in [1.82, 2.24) is 5.32 Å². The van der Waals surface area contributed by atoms with Crippen LogP contribution >= 0.6 is 0 Å². The minimum absolute atomic E-state index is 0.181. The number of hydrogen-bond acceptors (Lipinski definition) is 8. The molecule has 1 amide bonds. The standard InChI is InChI=1S/C64H121NO8/c1-3-5-7-9-11-13-15-17-19-21-23-25-26-27-28-29-30-31-32-34-36-38-40-42-44-46-48-50-52-54-60(68)65-57(56-72-64-63(71)62(70)61(69)59(55-66)73-64)58(67)53-51-49-47-45-43-41-39-37-35-33-24-22-20-18-16-14-12-10-8-6-4-2/h21,23,43,45,51,53,57-59,61-64,66-67,69-71H,3-20,22,24-42,44,46-50,52,54-56H2,1-2H3,(H,65,68)/b23-21-,45-43+,53-51+. The third-order valence-corrected chi connectivity index (χ3v) is 15.2. The molecule has 0 radical (unpaired) electrons. The quantitative estimate of drug-likeness (QED) is 0.0261. The van der Waals surface area contributed by atoms with Crippen molar-refractivity contribution in [2.45, 2.75) is 352 Å². The maximum absolute atomic E-state index is 13.1. The Kier molecular flexibility index (Phi) is 51.2. The Morgan fingerprint density at radius 2 is 0.781 bits per heavy atom. The summed E-state index contributed by atoms with van der Waals surface area (Å²) in [4.78, 5) is 13.1. The van der Waals surface area contributed by atoms with Crippen LogP contribution in [0.1, 0.15) is 309 Å². The first-order valence-electron chi connectivity index (χ1n) is 31.7. The molecule has 0 aromatic rings. The van der Waals surface area contributed by atoms with Crippen molar-refractivity contribution in [3.05, 3.63) is 36.5 Å². The maximum atomic E-state index is 13.1. The number of ether oxygens (including phenoxy) is 2. The molecule has 0 aromatic carbocycles. The second-order valence-corrected chi connectivity index (χ2v) is 22.2. The second-order valence-electron chi connectivity index (χ2n) is 22.2. The van der Waals surface area contributed by atoms with Gasteiger partial charge in [0, 0.05) is 6.42 Å². The van der Waals surface area contributed by atoms with Gasteiger partial charge in [0.05, 0.1) is 25.4 Å². The molecule has 9 nitrogen and oxygen atoms in total. The van der Waals surface area contributed by atoms with Crippen molar-refractivity contribution in [3.8, 4) is 0 Å². The van der Waals surface area contributed by atoms with Crippen molar-refractivity contribution < 1.29 is 39.8 Å². The Bertz CT molecular complexity index is 1240. The van der Waals surface area contributed by atoms with E-state index in [1.165, 1.54) is 250 Å². The van der Waals surface area contributed by atoms with Gasteiger partial charge in [0.1, 0.15) is 24.4 Å². The lowest BCUT2D eigenvalue weighted by atomic mass is 9.99. The van der Waals surface area contributed by atoms with Gasteiger partial charge in [0.2, 0.25) is 5.91 Å². The van der Waals surface area contributed by atoms with Crippen LogP contribution in [0.4, 0.5) is 0 Å². The fraction of sp³-hybridized carbons (Fsp3) is 0.891. The van der Waals surface area contributed by atoms with E-state index in [0.717, 1.165) is 38.5 Å². The molecule has 7 unspecified atom stereocenters. The highest BCUT2D eigenvalue weighted by Gasteiger charge is 2.44. The molecule has 1 heterocycles. The molecule has 1 aliphatic rings. The van der Waals surface area contributed by atoms with Gasteiger partial charge in [-0.25, -0.2) is 0 Å².